The normalized spacial score (nSPS) is 20.9. The third-order valence-electron chi connectivity index (χ3n) is 5.39. The Morgan fingerprint density at radius 3 is 2.59 bits per heavy atom. The minimum Gasteiger partial charge on any atom is -0.345 e. The third kappa shape index (κ3) is 5.17. The number of halogens is 1. The summed E-state index contributed by atoms with van der Waals surface area (Å²) in [5.41, 5.74) is 0.981. The van der Waals surface area contributed by atoms with E-state index in [9.17, 15) is 8.42 Å². The average Bonchev–Trinajstić information content (AvgIpc) is 2.66. The Morgan fingerprint density at radius 1 is 1.22 bits per heavy atom. The number of nitrogens with zero attached hydrogens (tertiary/aromatic N) is 2. The topological polar surface area (TPSA) is 61.8 Å². The number of guanidine groups is 1. The summed E-state index contributed by atoms with van der Waals surface area (Å²) >= 11 is 0. The second-order valence-corrected chi connectivity index (χ2v) is 9.56. The molecule has 0 bridgehead atoms. The summed E-state index contributed by atoms with van der Waals surface area (Å²) in [7, 11) is -1.29. The fourth-order valence-corrected chi connectivity index (χ4v) is 6.10. The van der Waals surface area contributed by atoms with Crippen molar-refractivity contribution in [3.8, 4) is 11.8 Å². The van der Waals surface area contributed by atoms with Gasteiger partial charge in [0.1, 0.15) is 0 Å². The lowest BCUT2D eigenvalue weighted by molar-refractivity contribution is 0.274. The van der Waals surface area contributed by atoms with E-state index in [-0.39, 0.29) is 29.7 Å². The van der Waals surface area contributed by atoms with Crippen molar-refractivity contribution in [3.05, 3.63) is 35.9 Å². The van der Waals surface area contributed by atoms with Crippen LogP contribution in [0, 0.1) is 11.8 Å². The van der Waals surface area contributed by atoms with Gasteiger partial charge in [-0.3, -0.25) is 4.99 Å². The second kappa shape index (κ2) is 9.78. The standard InChI is InChI=1S/C20H27N3O2S.HI/c1-21-19(22-14-8-11-18-9-4-2-5-10-18)23-15-16-26(24,25)20(17-23)12-6-3-7-13-20;/h2,4-5,9-10H,3,6-7,12-17H2,1H3,(H,21,22);1H. The molecule has 1 heterocycles. The van der Waals surface area contributed by atoms with Crippen LogP contribution in [0.1, 0.15) is 37.7 Å². The van der Waals surface area contributed by atoms with Crippen LogP contribution in [0.15, 0.2) is 35.3 Å². The van der Waals surface area contributed by atoms with Crippen molar-refractivity contribution in [2.75, 3.05) is 32.4 Å². The molecule has 2 aliphatic rings. The fraction of sp³-hybridized carbons (Fsp3) is 0.550. The maximum atomic E-state index is 12.7. The number of hydrogen-bond acceptors (Lipinski definition) is 3. The van der Waals surface area contributed by atoms with E-state index in [0.717, 1.165) is 43.6 Å². The van der Waals surface area contributed by atoms with E-state index in [2.05, 4.69) is 27.0 Å². The lowest BCUT2D eigenvalue weighted by Crippen LogP contribution is -2.60. The van der Waals surface area contributed by atoms with E-state index in [1.807, 2.05) is 30.3 Å². The largest absolute Gasteiger partial charge is 0.345 e. The first-order valence-electron chi connectivity index (χ1n) is 9.28. The zero-order chi connectivity index (χ0) is 18.5. The summed E-state index contributed by atoms with van der Waals surface area (Å²) in [5, 5.41) is 3.27. The molecular formula is C20H28IN3O2S. The van der Waals surface area contributed by atoms with E-state index in [0.29, 0.717) is 19.6 Å². The van der Waals surface area contributed by atoms with E-state index in [4.69, 9.17) is 0 Å². The fourth-order valence-electron chi connectivity index (χ4n) is 3.94. The minimum atomic E-state index is -3.03. The van der Waals surface area contributed by atoms with Gasteiger partial charge < -0.3 is 10.2 Å². The molecule has 1 aliphatic carbocycles. The molecule has 0 aromatic heterocycles. The molecule has 0 radical (unpaired) electrons. The number of rotatable bonds is 1. The summed E-state index contributed by atoms with van der Waals surface area (Å²) in [5.74, 6) is 7.18. The van der Waals surface area contributed by atoms with Crippen LogP contribution in [-0.2, 0) is 9.84 Å². The monoisotopic (exact) mass is 501 g/mol. The number of hydrogen-bond donors (Lipinski definition) is 1. The van der Waals surface area contributed by atoms with Crippen molar-refractivity contribution in [1.82, 2.24) is 10.2 Å². The van der Waals surface area contributed by atoms with Gasteiger partial charge in [-0.15, -0.1) is 24.0 Å². The Morgan fingerprint density at radius 2 is 1.93 bits per heavy atom. The summed E-state index contributed by atoms with van der Waals surface area (Å²) < 4.78 is 24.9. The molecule has 1 aliphatic heterocycles. The summed E-state index contributed by atoms with van der Waals surface area (Å²) in [6, 6.07) is 9.85. The molecule has 0 atom stereocenters. The molecule has 1 saturated heterocycles. The van der Waals surface area contributed by atoms with Gasteiger partial charge in [0.2, 0.25) is 0 Å². The van der Waals surface area contributed by atoms with Gasteiger partial charge in [0.15, 0.2) is 15.8 Å². The highest BCUT2D eigenvalue weighted by Gasteiger charge is 2.48. The molecule has 1 aromatic carbocycles. The summed E-state index contributed by atoms with van der Waals surface area (Å²) in [6.45, 7) is 1.52. The zero-order valence-corrected chi connectivity index (χ0v) is 18.9. The Balaban J connectivity index is 0.00000261. The molecule has 148 valence electrons. The molecule has 1 spiro atoms. The van der Waals surface area contributed by atoms with Crippen molar-refractivity contribution in [2.24, 2.45) is 4.99 Å². The number of nitrogens with one attached hydrogen (secondary N) is 1. The van der Waals surface area contributed by atoms with Crippen LogP contribution in [-0.4, -0.2) is 56.5 Å². The van der Waals surface area contributed by atoms with Crippen molar-refractivity contribution >= 4 is 39.8 Å². The van der Waals surface area contributed by atoms with Crippen LogP contribution in [0.25, 0.3) is 0 Å². The van der Waals surface area contributed by atoms with Gasteiger partial charge in [-0.05, 0) is 25.0 Å². The number of sulfone groups is 1. The zero-order valence-electron chi connectivity index (χ0n) is 15.8. The van der Waals surface area contributed by atoms with Crippen LogP contribution in [0.5, 0.6) is 0 Å². The Kier molecular flexibility index (Phi) is 7.98. The first-order valence-corrected chi connectivity index (χ1v) is 10.9. The SMILES string of the molecule is CN=C(NCC#Cc1ccccc1)N1CCS(=O)(=O)C2(CCCCC2)C1.I. The minimum absolute atomic E-state index is 0. The lowest BCUT2D eigenvalue weighted by Gasteiger charge is -2.45. The van der Waals surface area contributed by atoms with Crippen molar-refractivity contribution in [1.29, 1.82) is 0 Å². The molecule has 0 amide bonds. The predicted molar refractivity (Wildman–Crippen MR) is 121 cm³/mol. The lowest BCUT2D eigenvalue weighted by atomic mass is 9.87. The quantitative estimate of drug-likeness (QED) is 0.278. The predicted octanol–water partition coefficient (Wildman–Crippen LogP) is 2.66. The van der Waals surface area contributed by atoms with E-state index >= 15 is 0 Å². The Bertz CT molecular complexity index is 807. The highest BCUT2D eigenvalue weighted by Crippen LogP contribution is 2.38. The van der Waals surface area contributed by atoms with Gasteiger partial charge in [-0.2, -0.15) is 0 Å². The summed E-state index contributed by atoms with van der Waals surface area (Å²) in [6.07, 6.45) is 4.69. The Labute approximate surface area is 180 Å². The van der Waals surface area contributed by atoms with Crippen LogP contribution in [0.2, 0.25) is 0 Å². The van der Waals surface area contributed by atoms with E-state index < -0.39 is 14.6 Å². The molecule has 7 heteroatoms. The van der Waals surface area contributed by atoms with Gasteiger partial charge in [-0.25, -0.2) is 8.42 Å². The molecule has 1 saturated carbocycles. The smallest absolute Gasteiger partial charge is 0.194 e. The average molecular weight is 501 g/mol. The maximum Gasteiger partial charge on any atom is 0.194 e. The highest BCUT2D eigenvalue weighted by molar-refractivity contribution is 14.0. The van der Waals surface area contributed by atoms with Crippen LogP contribution < -0.4 is 5.32 Å². The third-order valence-corrected chi connectivity index (χ3v) is 7.96. The van der Waals surface area contributed by atoms with E-state index in [1.54, 1.807) is 7.05 Å². The number of aliphatic imine (C=N–C) groups is 1. The van der Waals surface area contributed by atoms with Gasteiger partial charge in [0.25, 0.3) is 0 Å². The number of benzene rings is 1. The molecular weight excluding hydrogens is 473 g/mol. The van der Waals surface area contributed by atoms with Gasteiger partial charge in [-0.1, -0.05) is 49.3 Å². The molecule has 3 rings (SSSR count). The van der Waals surface area contributed by atoms with Crippen LogP contribution >= 0.6 is 24.0 Å². The van der Waals surface area contributed by atoms with Crippen molar-refractivity contribution in [3.63, 3.8) is 0 Å². The maximum absolute atomic E-state index is 12.7. The second-order valence-electron chi connectivity index (χ2n) is 7.05. The van der Waals surface area contributed by atoms with Crippen LogP contribution in [0.4, 0.5) is 0 Å². The molecule has 0 unspecified atom stereocenters. The molecule has 1 N–H and O–H groups in total. The summed E-state index contributed by atoms with van der Waals surface area (Å²) in [4.78, 5) is 6.44. The highest BCUT2D eigenvalue weighted by atomic mass is 127. The first kappa shape index (κ1) is 22.0. The Hall–Kier alpha value is -1.27. The molecule has 5 nitrogen and oxygen atoms in total. The first-order chi connectivity index (χ1) is 12.6. The van der Waals surface area contributed by atoms with Gasteiger partial charge >= 0.3 is 0 Å². The molecule has 27 heavy (non-hydrogen) atoms. The van der Waals surface area contributed by atoms with Crippen molar-refractivity contribution in [2.45, 2.75) is 36.9 Å². The van der Waals surface area contributed by atoms with Crippen molar-refractivity contribution < 1.29 is 8.42 Å². The van der Waals surface area contributed by atoms with Crippen LogP contribution in [0.3, 0.4) is 0 Å². The molecule has 1 aromatic rings. The van der Waals surface area contributed by atoms with Gasteiger partial charge in [0, 0.05) is 25.7 Å². The molecule has 2 fully saturated rings. The van der Waals surface area contributed by atoms with E-state index in [1.165, 1.54) is 0 Å². The van der Waals surface area contributed by atoms with Gasteiger partial charge in [0.05, 0.1) is 17.0 Å².